The molecule has 8 heteroatoms. The van der Waals surface area contributed by atoms with E-state index in [0.717, 1.165) is 68.7 Å². The highest BCUT2D eigenvalue weighted by molar-refractivity contribution is 7.19. The molecular weight excluding hydrogens is 398 g/mol. The van der Waals surface area contributed by atoms with Crippen LogP contribution < -0.4 is 10.2 Å². The lowest BCUT2D eigenvalue weighted by Crippen LogP contribution is -2.38. The number of nitrogens with zero attached hydrogens (tertiary/aromatic N) is 4. The van der Waals surface area contributed by atoms with Crippen molar-refractivity contribution >= 4 is 33.3 Å². The van der Waals surface area contributed by atoms with Crippen LogP contribution in [0.2, 0.25) is 0 Å². The van der Waals surface area contributed by atoms with Gasteiger partial charge in [0.2, 0.25) is 5.91 Å². The standard InChI is InChI=1S/C22H33N5O2S/c1-4-23-19(28)14-27(5-2)21-20-16-7-6-15(3)12-17(16)30-22(20)25-18(24-21)13-26-8-10-29-11-9-26/h15H,4-14H2,1-3H3,(H,23,28)/t15-/m1/s1. The van der Waals surface area contributed by atoms with Gasteiger partial charge in [-0.25, -0.2) is 9.97 Å². The lowest BCUT2D eigenvalue weighted by molar-refractivity contribution is -0.119. The molecule has 164 valence electrons. The highest BCUT2D eigenvalue weighted by Gasteiger charge is 2.26. The minimum absolute atomic E-state index is 0.0403. The Morgan fingerprint density at radius 1 is 1.30 bits per heavy atom. The third kappa shape index (κ3) is 4.60. The highest BCUT2D eigenvalue weighted by Crippen LogP contribution is 2.41. The van der Waals surface area contributed by atoms with Gasteiger partial charge in [-0.1, -0.05) is 6.92 Å². The molecular formula is C22H33N5O2S. The van der Waals surface area contributed by atoms with Gasteiger partial charge in [0.15, 0.2) is 0 Å². The second-order valence-corrected chi connectivity index (χ2v) is 9.44. The highest BCUT2D eigenvalue weighted by atomic mass is 32.1. The van der Waals surface area contributed by atoms with Gasteiger partial charge < -0.3 is 15.0 Å². The number of morpholine rings is 1. The number of carbonyl (C=O) groups is 1. The summed E-state index contributed by atoms with van der Waals surface area (Å²) in [5, 5.41) is 4.11. The molecule has 30 heavy (non-hydrogen) atoms. The molecule has 0 aromatic carbocycles. The Balaban J connectivity index is 1.74. The number of ether oxygens (including phenoxy) is 1. The zero-order valence-corrected chi connectivity index (χ0v) is 19.2. The molecule has 0 radical (unpaired) electrons. The Hall–Kier alpha value is -1.77. The minimum atomic E-state index is 0.0403. The first-order valence-electron chi connectivity index (χ1n) is 11.2. The molecule has 1 aliphatic heterocycles. The van der Waals surface area contributed by atoms with Crippen molar-refractivity contribution in [3.05, 3.63) is 16.3 Å². The van der Waals surface area contributed by atoms with Crippen LogP contribution in [0.15, 0.2) is 0 Å². The molecule has 2 aromatic rings. The van der Waals surface area contributed by atoms with Crippen LogP contribution in [0.25, 0.3) is 10.2 Å². The SMILES string of the molecule is CCNC(=O)CN(CC)c1nc(CN2CCOCC2)nc2sc3c(c12)CC[C@@H](C)C3. The molecule has 1 atom stereocenters. The zero-order valence-electron chi connectivity index (χ0n) is 18.4. The summed E-state index contributed by atoms with van der Waals surface area (Å²) in [6, 6.07) is 0. The second kappa shape index (κ2) is 9.58. The van der Waals surface area contributed by atoms with Gasteiger partial charge in [-0.3, -0.25) is 9.69 Å². The van der Waals surface area contributed by atoms with Crippen LogP contribution in [0, 0.1) is 5.92 Å². The number of nitrogens with one attached hydrogen (secondary N) is 1. The molecule has 0 saturated carbocycles. The lowest BCUT2D eigenvalue weighted by Gasteiger charge is -2.27. The topological polar surface area (TPSA) is 70.6 Å². The first-order valence-corrected chi connectivity index (χ1v) is 12.0. The van der Waals surface area contributed by atoms with Gasteiger partial charge in [0.25, 0.3) is 0 Å². The fourth-order valence-corrected chi connectivity index (χ4v) is 5.78. The first-order chi connectivity index (χ1) is 14.6. The van der Waals surface area contributed by atoms with Crippen molar-refractivity contribution in [2.24, 2.45) is 5.92 Å². The summed E-state index contributed by atoms with van der Waals surface area (Å²) in [6.45, 7) is 12.2. The molecule has 0 spiro atoms. The smallest absolute Gasteiger partial charge is 0.239 e. The Kier molecular flexibility index (Phi) is 6.85. The molecule has 1 amide bonds. The monoisotopic (exact) mass is 431 g/mol. The normalized spacial score (nSPS) is 19.6. The van der Waals surface area contributed by atoms with Crippen LogP contribution in [-0.2, 0) is 28.9 Å². The van der Waals surface area contributed by atoms with Gasteiger partial charge in [-0.15, -0.1) is 11.3 Å². The van der Waals surface area contributed by atoms with Crippen molar-refractivity contribution in [3.8, 4) is 0 Å². The third-order valence-corrected chi connectivity index (χ3v) is 7.19. The van der Waals surface area contributed by atoms with Gasteiger partial charge in [0.05, 0.1) is 31.7 Å². The summed E-state index contributed by atoms with van der Waals surface area (Å²) in [7, 11) is 0. The van der Waals surface area contributed by atoms with Gasteiger partial charge in [-0.05, 0) is 44.6 Å². The summed E-state index contributed by atoms with van der Waals surface area (Å²) in [5.41, 5.74) is 1.41. The van der Waals surface area contributed by atoms with Crippen molar-refractivity contribution in [1.82, 2.24) is 20.2 Å². The Morgan fingerprint density at radius 2 is 2.10 bits per heavy atom. The molecule has 0 bridgehead atoms. The van der Waals surface area contributed by atoms with E-state index in [4.69, 9.17) is 14.7 Å². The van der Waals surface area contributed by atoms with Crippen LogP contribution in [0.5, 0.6) is 0 Å². The van der Waals surface area contributed by atoms with E-state index in [-0.39, 0.29) is 5.91 Å². The number of aromatic nitrogens is 2. The van der Waals surface area contributed by atoms with Gasteiger partial charge >= 0.3 is 0 Å². The Morgan fingerprint density at radius 3 is 2.83 bits per heavy atom. The number of likely N-dealkylation sites (N-methyl/N-ethyl adjacent to an activating group) is 2. The molecule has 4 rings (SSSR count). The maximum Gasteiger partial charge on any atom is 0.239 e. The molecule has 1 N–H and O–H groups in total. The van der Waals surface area contributed by atoms with E-state index in [1.165, 1.54) is 22.2 Å². The summed E-state index contributed by atoms with van der Waals surface area (Å²) in [6.07, 6.45) is 3.40. The molecule has 2 aliphatic rings. The predicted octanol–water partition coefficient (Wildman–Crippen LogP) is 2.61. The van der Waals surface area contributed by atoms with E-state index in [2.05, 4.69) is 29.0 Å². The summed E-state index contributed by atoms with van der Waals surface area (Å²) >= 11 is 1.83. The van der Waals surface area contributed by atoms with E-state index in [1.807, 2.05) is 18.3 Å². The van der Waals surface area contributed by atoms with Gasteiger partial charge in [0.1, 0.15) is 16.5 Å². The fourth-order valence-electron chi connectivity index (χ4n) is 4.39. The number of carbonyl (C=O) groups excluding carboxylic acids is 1. The molecule has 1 fully saturated rings. The van der Waals surface area contributed by atoms with Crippen molar-refractivity contribution < 1.29 is 9.53 Å². The minimum Gasteiger partial charge on any atom is -0.379 e. The molecule has 1 saturated heterocycles. The average molecular weight is 432 g/mol. The van der Waals surface area contributed by atoms with Gasteiger partial charge in [-0.2, -0.15) is 0 Å². The van der Waals surface area contributed by atoms with E-state index in [9.17, 15) is 4.79 Å². The number of fused-ring (bicyclic) bond motifs is 3. The van der Waals surface area contributed by atoms with Crippen LogP contribution in [-0.4, -0.2) is 66.7 Å². The van der Waals surface area contributed by atoms with Crippen molar-refractivity contribution in [2.45, 2.75) is 46.6 Å². The maximum atomic E-state index is 12.4. The fraction of sp³-hybridized carbons (Fsp3) is 0.682. The number of aryl methyl sites for hydroxylation is 1. The summed E-state index contributed by atoms with van der Waals surface area (Å²) in [5.74, 6) is 2.54. The van der Waals surface area contributed by atoms with E-state index < -0.39 is 0 Å². The van der Waals surface area contributed by atoms with Crippen LogP contribution in [0.3, 0.4) is 0 Å². The Bertz CT molecular complexity index is 893. The van der Waals surface area contributed by atoms with Crippen molar-refractivity contribution in [1.29, 1.82) is 0 Å². The molecule has 0 unspecified atom stereocenters. The van der Waals surface area contributed by atoms with Crippen molar-refractivity contribution in [3.63, 3.8) is 0 Å². The number of thiophene rings is 1. The third-order valence-electron chi connectivity index (χ3n) is 6.04. The first kappa shape index (κ1) is 21.5. The van der Waals surface area contributed by atoms with Crippen molar-refractivity contribution in [2.75, 3.05) is 50.8 Å². The molecule has 2 aromatic heterocycles. The largest absolute Gasteiger partial charge is 0.379 e. The Labute approximate surface area is 182 Å². The molecule has 7 nitrogen and oxygen atoms in total. The predicted molar refractivity (Wildman–Crippen MR) is 121 cm³/mol. The summed E-state index contributed by atoms with van der Waals surface area (Å²) < 4.78 is 5.49. The molecule has 3 heterocycles. The summed E-state index contributed by atoms with van der Waals surface area (Å²) in [4.78, 5) is 29.4. The lowest BCUT2D eigenvalue weighted by atomic mass is 9.89. The van der Waals surface area contributed by atoms with Crippen LogP contribution in [0.4, 0.5) is 5.82 Å². The van der Waals surface area contributed by atoms with E-state index in [0.29, 0.717) is 19.0 Å². The number of amides is 1. The number of anilines is 1. The second-order valence-electron chi connectivity index (χ2n) is 8.35. The molecule has 1 aliphatic carbocycles. The average Bonchev–Trinajstić information content (AvgIpc) is 3.09. The zero-order chi connectivity index (χ0) is 21.1. The number of hydrogen-bond donors (Lipinski definition) is 1. The number of hydrogen-bond acceptors (Lipinski definition) is 7. The van der Waals surface area contributed by atoms with E-state index in [1.54, 1.807) is 0 Å². The number of rotatable bonds is 7. The van der Waals surface area contributed by atoms with E-state index >= 15 is 0 Å². The quantitative estimate of drug-likeness (QED) is 0.727. The van der Waals surface area contributed by atoms with Crippen LogP contribution >= 0.6 is 11.3 Å². The van der Waals surface area contributed by atoms with Crippen LogP contribution in [0.1, 0.15) is 43.5 Å². The van der Waals surface area contributed by atoms with Gasteiger partial charge in [0, 0.05) is 31.1 Å². The maximum absolute atomic E-state index is 12.4.